The lowest BCUT2D eigenvalue weighted by Crippen LogP contribution is -2.36. The fourth-order valence-electron chi connectivity index (χ4n) is 3.73. The number of nitrogens with one attached hydrogen (secondary N) is 1. The van der Waals surface area contributed by atoms with Crippen molar-refractivity contribution in [1.82, 2.24) is 0 Å². The maximum Gasteiger partial charge on any atom is 0.256 e. The molecule has 0 aliphatic carbocycles. The van der Waals surface area contributed by atoms with Crippen molar-refractivity contribution in [2.24, 2.45) is 0 Å². The average Bonchev–Trinajstić information content (AvgIpc) is 2.98. The van der Waals surface area contributed by atoms with Gasteiger partial charge < -0.3 is 20.1 Å². The van der Waals surface area contributed by atoms with E-state index in [1.807, 2.05) is 49.4 Å². The van der Waals surface area contributed by atoms with Crippen LogP contribution in [-0.4, -0.2) is 36.8 Å². The van der Waals surface area contributed by atoms with Gasteiger partial charge in [0.1, 0.15) is 5.75 Å². The monoisotopic (exact) mass is 364 g/mol. The zero-order valence-corrected chi connectivity index (χ0v) is 15.4. The molecule has 2 aromatic rings. The molecule has 5 heteroatoms. The molecular weight excluding hydrogens is 340 g/mol. The van der Waals surface area contributed by atoms with E-state index in [9.17, 15) is 9.90 Å². The molecule has 2 aliphatic heterocycles. The van der Waals surface area contributed by atoms with Crippen molar-refractivity contribution in [3.8, 4) is 5.75 Å². The van der Waals surface area contributed by atoms with Crippen LogP contribution in [0.15, 0.2) is 42.5 Å². The second-order valence-electron chi connectivity index (χ2n) is 6.93. The highest BCUT2D eigenvalue weighted by Crippen LogP contribution is 2.37. The molecule has 0 aromatic heterocycles. The van der Waals surface area contributed by atoms with Crippen LogP contribution in [0, 0.1) is 0 Å². The molecule has 140 valence electrons. The number of para-hydroxylation sites is 1. The minimum Gasteiger partial charge on any atom is -0.494 e. The van der Waals surface area contributed by atoms with E-state index in [1.165, 1.54) is 0 Å². The van der Waals surface area contributed by atoms with Crippen molar-refractivity contribution in [2.75, 3.05) is 29.9 Å². The molecule has 0 saturated carbocycles. The van der Waals surface area contributed by atoms with Gasteiger partial charge in [0, 0.05) is 36.0 Å². The van der Waals surface area contributed by atoms with Crippen LogP contribution in [0.5, 0.6) is 5.75 Å². The number of fused-ring (bicyclic) bond motifs is 1. The summed E-state index contributed by atoms with van der Waals surface area (Å²) in [5.74, 6) is 0.660. The summed E-state index contributed by atoms with van der Waals surface area (Å²) in [6, 6.07) is 13.8. The topological polar surface area (TPSA) is 61.8 Å². The standard InChI is InChI=1S/C22H24N2O3/c1-2-27-17-7-8-18-19(22(26)23-20(18)14-17)13-15-5-3-4-6-21(15)24-11-9-16(25)10-12-24/h3-8,13-14,16,25H,2,9-12H2,1H3,(H,23,26). The van der Waals surface area contributed by atoms with Crippen LogP contribution in [0.2, 0.25) is 0 Å². The van der Waals surface area contributed by atoms with Crippen molar-refractivity contribution >= 4 is 28.9 Å². The van der Waals surface area contributed by atoms with E-state index < -0.39 is 0 Å². The number of nitrogens with zero attached hydrogens (tertiary/aromatic N) is 1. The van der Waals surface area contributed by atoms with Crippen LogP contribution in [0.3, 0.4) is 0 Å². The number of aliphatic hydroxyl groups is 1. The van der Waals surface area contributed by atoms with Crippen molar-refractivity contribution in [2.45, 2.75) is 25.9 Å². The summed E-state index contributed by atoms with van der Waals surface area (Å²) in [6.07, 6.45) is 3.30. The molecule has 27 heavy (non-hydrogen) atoms. The molecule has 4 rings (SSSR count). The van der Waals surface area contributed by atoms with Gasteiger partial charge in [-0.25, -0.2) is 0 Å². The van der Waals surface area contributed by atoms with E-state index in [4.69, 9.17) is 4.74 Å². The molecule has 2 heterocycles. The molecule has 1 amide bonds. The van der Waals surface area contributed by atoms with Crippen molar-refractivity contribution < 1.29 is 14.6 Å². The van der Waals surface area contributed by atoms with Gasteiger partial charge in [0.15, 0.2) is 0 Å². The van der Waals surface area contributed by atoms with Crippen molar-refractivity contribution in [1.29, 1.82) is 0 Å². The van der Waals surface area contributed by atoms with Gasteiger partial charge in [-0.15, -0.1) is 0 Å². The van der Waals surface area contributed by atoms with Crippen molar-refractivity contribution in [3.05, 3.63) is 53.6 Å². The summed E-state index contributed by atoms with van der Waals surface area (Å²) in [7, 11) is 0. The van der Waals surface area contributed by atoms with Crippen LogP contribution in [0.25, 0.3) is 11.6 Å². The summed E-state index contributed by atoms with van der Waals surface area (Å²) in [4.78, 5) is 14.9. The number of hydrogen-bond donors (Lipinski definition) is 2. The van der Waals surface area contributed by atoms with E-state index in [-0.39, 0.29) is 12.0 Å². The Balaban J connectivity index is 1.68. The number of aliphatic hydroxyl groups excluding tert-OH is 1. The largest absolute Gasteiger partial charge is 0.494 e. The Kier molecular flexibility index (Phi) is 4.86. The van der Waals surface area contributed by atoms with E-state index >= 15 is 0 Å². The SMILES string of the molecule is CCOc1ccc2c(c1)NC(=O)C2=Cc1ccccc1N1CCC(O)CC1. The molecule has 1 saturated heterocycles. The second kappa shape index (κ2) is 7.45. The first-order chi connectivity index (χ1) is 13.2. The zero-order valence-electron chi connectivity index (χ0n) is 15.4. The number of hydrogen-bond acceptors (Lipinski definition) is 4. The number of ether oxygens (including phenoxy) is 1. The van der Waals surface area contributed by atoms with E-state index in [0.29, 0.717) is 12.2 Å². The number of carbonyl (C=O) groups is 1. The van der Waals surface area contributed by atoms with E-state index in [1.54, 1.807) is 0 Å². The van der Waals surface area contributed by atoms with Crippen LogP contribution < -0.4 is 15.0 Å². The fourth-order valence-corrected chi connectivity index (χ4v) is 3.73. The van der Waals surface area contributed by atoms with E-state index in [0.717, 1.165) is 54.2 Å². The predicted octanol–water partition coefficient (Wildman–Crippen LogP) is 3.54. The minimum atomic E-state index is -0.209. The lowest BCUT2D eigenvalue weighted by molar-refractivity contribution is -0.110. The Morgan fingerprint density at radius 1 is 1.22 bits per heavy atom. The molecule has 0 unspecified atom stereocenters. The maximum atomic E-state index is 12.6. The highest BCUT2D eigenvalue weighted by atomic mass is 16.5. The second-order valence-corrected chi connectivity index (χ2v) is 6.93. The Morgan fingerprint density at radius 2 is 2.00 bits per heavy atom. The van der Waals surface area contributed by atoms with Gasteiger partial charge in [-0.1, -0.05) is 18.2 Å². The van der Waals surface area contributed by atoms with Crippen LogP contribution in [-0.2, 0) is 4.79 Å². The molecule has 2 aliphatic rings. The lowest BCUT2D eigenvalue weighted by Gasteiger charge is -2.32. The van der Waals surface area contributed by atoms with Gasteiger partial charge in [-0.2, -0.15) is 0 Å². The highest BCUT2D eigenvalue weighted by Gasteiger charge is 2.25. The quantitative estimate of drug-likeness (QED) is 0.815. The molecular formula is C22H24N2O3. The lowest BCUT2D eigenvalue weighted by atomic mass is 10.0. The summed E-state index contributed by atoms with van der Waals surface area (Å²) < 4.78 is 5.53. The Labute approximate surface area is 159 Å². The van der Waals surface area contributed by atoms with Crippen LogP contribution in [0.1, 0.15) is 30.9 Å². The van der Waals surface area contributed by atoms with Crippen LogP contribution in [0.4, 0.5) is 11.4 Å². The molecule has 2 aromatic carbocycles. The third-order valence-electron chi connectivity index (χ3n) is 5.13. The average molecular weight is 364 g/mol. The number of benzene rings is 2. The molecule has 0 radical (unpaired) electrons. The number of piperidine rings is 1. The molecule has 0 atom stereocenters. The third kappa shape index (κ3) is 3.55. The van der Waals surface area contributed by atoms with Gasteiger partial charge in [0.2, 0.25) is 0 Å². The van der Waals surface area contributed by atoms with Crippen LogP contribution >= 0.6 is 0 Å². The Morgan fingerprint density at radius 3 is 2.78 bits per heavy atom. The van der Waals surface area contributed by atoms with Gasteiger partial charge in [-0.05, 0) is 49.6 Å². The molecule has 2 N–H and O–H groups in total. The van der Waals surface area contributed by atoms with Gasteiger partial charge in [0.05, 0.1) is 18.4 Å². The zero-order chi connectivity index (χ0) is 18.8. The number of carbonyl (C=O) groups excluding carboxylic acids is 1. The molecule has 1 fully saturated rings. The summed E-state index contributed by atoms with van der Waals surface area (Å²) in [5.41, 5.74) is 4.46. The summed E-state index contributed by atoms with van der Waals surface area (Å²) in [6.45, 7) is 4.17. The number of anilines is 2. The third-order valence-corrected chi connectivity index (χ3v) is 5.13. The van der Waals surface area contributed by atoms with E-state index in [2.05, 4.69) is 16.3 Å². The van der Waals surface area contributed by atoms with Gasteiger partial charge in [0.25, 0.3) is 5.91 Å². The van der Waals surface area contributed by atoms with Crippen molar-refractivity contribution in [3.63, 3.8) is 0 Å². The maximum absolute atomic E-state index is 12.6. The first-order valence-electron chi connectivity index (χ1n) is 9.48. The first kappa shape index (κ1) is 17.6. The van der Waals surface area contributed by atoms with Gasteiger partial charge >= 0.3 is 0 Å². The van der Waals surface area contributed by atoms with Gasteiger partial charge in [-0.3, -0.25) is 4.79 Å². The summed E-state index contributed by atoms with van der Waals surface area (Å²) in [5, 5.41) is 12.7. The highest BCUT2D eigenvalue weighted by molar-refractivity contribution is 6.35. The minimum absolute atomic E-state index is 0.0949. The normalized spacial score (nSPS) is 18.5. The predicted molar refractivity (Wildman–Crippen MR) is 108 cm³/mol. The number of rotatable bonds is 4. The molecule has 0 spiro atoms. The fraction of sp³-hybridized carbons (Fsp3) is 0.318. The number of amides is 1. The summed E-state index contributed by atoms with van der Waals surface area (Å²) >= 11 is 0. The Hall–Kier alpha value is -2.79. The smallest absolute Gasteiger partial charge is 0.256 e. The first-order valence-corrected chi connectivity index (χ1v) is 9.48. The molecule has 5 nitrogen and oxygen atoms in total. The Bertz CT molecular complexity index is 883. The molecule has 0 bridgehead atoms.